The molecule has 0 aromatic heterocycles. The van der Waals surface area contributed by atoms with E-state index in [0.717, 1.165) is 11.1 Å². The van der Waals surface area contributed by atoms with Gasteiger partial charge >= 0.3 is 0 Å². The molecule has 0 aliphatic carbocycles. The first-order valence-electron chi connectivity index (χ1n) is 11.9. The fraction of sp³-hybridized carbons (Fsp3) is 0.286. The number of ether oxygens (including phenoxy) is 1. The third-order valence-electron chi connectivity index (χ3n) is 6.50. The number of carbonyl (C=O) groups excluding carboxylic acids is 1. The largest absolute Gasteiger partial charge is 0.472 e. The lowest BCUT2D eigenvalue weighted by Crippen LogP contribution is -2.43. The fourth-order valence-electron chi connectivity index (χ4n) is 4.80. The van der Waals surface area contributed by atoms with Gasteiger partial charge in [-0.2, -0.15) is 0 Å². The van der Waals surface area contributed by atoms with Gasteiger partial charge in [-0.25, -0.2) is 12.8 Å². The molecule has 0 saturated heterocycles. The van der Waals surface area contributed by atoms with Gasteiger partial charge in [0.15, 0.2) is 0 Å². The van der Waals surface area contributed by atoms with Crippen molar-refractivity contribution in [2.75, 3.05) is 6.61 Å². The number of aliphatic hydroxyl groups is 1. The first-order chi connectivity index (χ1) is 17.5. The average molecular weight is 525 g/mol. The quantitative estimate of drug-likeness (QED) is 0.442. The Bertz CT molecular complexity index is 1420. The van der Waals surface area contributed by atoms with Crippen molar-refractivity contribution < 1.29 is 27.4 Å². The molecule has 3 aromatic rings. The highest BCUT2D eigenvalue weighted by Crippen LogP contribution is 2.42. The number of aliphatic hydroxyl groups excluding tert-OH is 1. The van der Waals surface area contributed by atoms with E-state index in [0.29, 0.717) is 16.7 Å². The van der Waals surface area contributed by atoms with Gasteiger partial charge in [-0.15, -0.1) is 4.40 Å². The van der Waals surface area contributed by atoms with E-state index < -0.39 is 38.5 Å². The lowest BCUT2D eigenvalue weighted by Gasteiger charge is -2.38. The number of rotatable bonds is 8. The Labute approximate surface area is 215 Å². The fourth-order valence-corrected chi connectivity index (χ4v) is 6.57. The predicted molar refractivity (Wildman–Crippen MR) is 140 cm³/mol. The minimum atomic E-state index is -4.02. The normalized spacial score (nSPS) is 18.9. The van der Waals surface area contributed by atoms with Gasteiger partial charge in [-0.1, -0.05) is 54.6 Å². The average Bonchev–Trinajstić information content (AvgIpc) is 2.83. The van der Waals surface area contributed by atoms with E-state index in [1.165, 1.54) is 6.07 Å². The minimum Gasteiger partial charge on any atom is -0.472 e. The van der Waals surface area contributed by atoms with Crippen molar-refractivity contribution in [2.45, 2.75) is 43.5 Å². The molecule has 0 fully saturated rings. The van der Waals surface area contributed by atoms with Crippen LogP contribution in [0.1, 0.15) is 59.3 Å². The summed E-state index contributed by atoms with van der Waals surface area (Å²) >= 11 is 0. The standard InChI is InChI=1S/C28H29FN2O5S/c1-28(2)26(20-11-7-18(8-12-20)19-9-13-21(14-10-19)27(30)33)37(34,35)31-25(36-28)17-22(15-16-32)23-5-3-4-6-24(23)29/h3-14,22,26,32H,15-17H2,1-2H3,(H2,30,33)/t22-,26+/m1/s1. The minimum absolute atomic E-state index is 0.00545. The Kier molecular flexibility index (Phi) is 7.47. The summed E-state index contributed by atoms with van der Waals surface area (Å²) in [5.74, 6) is -1.44. The number of halogens is 1. The van der Waals surface area contributed by atoms with Crippen LogP contribution < -0.4 is 5.73 Å². The summed E-state index contributed by atoms with van der Waals surface area (Å²) in [6.07, 6.45) is 0.270. The van der Waals surface area contributed by atoms with Crippen LogP contribution in [-0.2, 0) is 14.8 Å². The SMILES string of the molecule is CC1(C)OC(C[C@@H](CCO)c2ccccc2F)=NS(=O)(=O)[C@H]1c1ccc(-c2ccc(C(N)=O)cc2)cc1. The van der Waals surface area contributed by atoms with Crippen molar-refractivity contribution in [3.63, 3.8) is 0 Å². The molecule has 0 spiro atoms. The summed E-state index contributed by atoms with van der Waals surface area (Å²) in [6.45, 7) is 3.18. The number of hydrogen-bond acceptors (Lipinski definition) is 5. The molecule has 2 atom stereocenters. The van der Waals surface area contributed by atoms with E-state index in [-0.39, 0.29) is 25.3 Å². The Balaban J connectivity index is 1.61. The molecule has 37 heavy (non-hydrogen) atoms. The molecule has 194 valence electrons. The van der Waals surface area contributed by atoms with Crippen LogP contribution in [0.3, 0.4) is 0 Å². The number of carbonyl (C=O) groups is 1. The van der Waals surface area contributed by atoms with Crippen LogP contribution in [0.2, 0.25) is 0 Å². The number of hydrogen-bond donors (Lipinski definition) is 2. The van der Waals surface area contributed by atoms with Crippen molar-refractivity contribution >= 4 is 21.8 Å². The van der Waals surface area contributed by atoms with Crippen molar-refractivity contribution in [1.82, 2.24) is 0 Å². The molecule has 3 aromatic carbocycles. The predicted octanol–water partition coefficient (Wildman–Crippen LogP) is 4.73. The molecular formula is C28H29FN2O5S. The molecular weight excluding hydrogens is 495 g/mol. The zero-order valence-electron chi connectivity index (χ0n) is 20.6. The Morgan fingerprint density at radius 2 is 1.65 bits per heavy atom. The molecule has 0 bridgehead atoms. The second kappa shape index (κ2) is 10.4. The smallest absolute Gasteiger partial charge is 0.267 e. The van der Waals surface area contributed by atoms with E-state index in [2.05, 4.69) is 4.40 Å². The molecule has 9 heteroatoms. The number of benzene rings is 3. The molecule has 1 heterocycles. The van der Waals surface area contributed by atoms with Gasteiger partial charge in [-0.05, 0) is 66.6 Å². The van der Waals surface area contributed by atoms with Crippen LogP contribution >= 0.6 is 0 Å². The second-order valence-corrected chi connectivity index (χ2v) is 11.3. The molecule has 7 nitrogen and oxygen atoms in total. The zero-order valence-corrected chi connectivity index (χ0v) is 21.4. The second-order valence-electron chi connectivity index (χ2n) is 9.58. The van der Waals surface area contributed by atoms with E-state index in [4.69, 9.17) is 10.5 Å². The highest BCUT2D eigenvalue weighted by molar-refractivity contribution is 7.90. The van der Waals surface area contributed by atoms with Crippen LogP contribution in [0.15, 0.2) is 77.2 Å². The molecule has 0 unspecified atom stereocenters. The summed E-state index contributed by atoms with van der Waals surface area (Å²) in [4.78, 5) is 11.3. The molecule has 1 amide bonds. The van der Waals surface area contributed by atoms with Crippen molar-refractivity contribution in [3.8, 4) is 11.1 Å². The highest BCUT2D eigenvalue weighted by Gasteiger charge is 2.47. The summed E-state index contributed by atoms with van der Waals surface area (Å²) in [6, 6.07) is 20.1. The van der Waals surface area contributed by atoms with Gasteiger partial charge in [0.25, 0.3) is 10.0 Å². The summed E-state index contributed by atoms with van der Waals surface area (Å²) in [5, 5.41) is 8.46. The first kappa shape index (κ1) is 26.5. The number of primary amides is 1. The molecule has 0 radical (unpaired) electrons. The zero-order chi connectivity index (χ0) is 26.8. The summed E-state index contributed by atoms with van der Waals surface area (Å²) < 4.78 is 51.2. The van der Waals surface area contributed by atoms with Crippen LogP contribution in [0.25, 0.3) is 11.1 Å². The van der Waals surface area contributed by atoms with Crippen LogP contribution in [0.4, 0.5) is 4.39 Å². The Morgan fingerprint density at radius 1 is 1.05 bits per heavy atom. The summed E-state index contributed by atoms with van der Waals surface area (Å²) in [7, 11) is -4.02. The third-order valence-corrected chi connectivity index (χ3v) is 8.39. The van der Waals surface area contributed by atoms with Gasteiger partial charge in [0, 0.05) is 18.6 Å². The van der Waals surface area contributed by atoms with Gasteiger partial charge in [-0.3, -0.25) is 4.79 Å². The topological polar surface area (TPSA) is 119 Å². The molecule has 4 rings (SSSR count). The van der Waals surface area contributed by atoms with Crippen LogP contribution in [-0.4, -0.2) is 37.5 Å². The molecule has 1 aliphatic rings. The van der Waals surface area contributed by atoms with Gasteiger partial charge in [0.1, 0.15) is 16.7 Å². The molecule has 1 aliphatic heterocycles. The van der Waals surface area contributed by atoms with E-state index in [9.17, 15) is 22.7 Å². The monoisotopic (exact) mass is 524 g/mol. The molecule has 0 saturated carbocycles. The van der Waals surface area contributed by atoms with Gasteiger partial charge in [0.05, 0.1) is 0 Å². The lowest BCUT2D eigenvalue weighted by atomic mass is 9.91. The summed E-state index contributed by atoms with van der Waals surface area (Å²) in [5.41, 5.74) is 7.13. The number of nitrogens with zero attached hydrogens (tertiary/aromatic N) is 1. The number of nitrogens with two attached hydrogens (primary N) is 1. The first-order valence-corrected chi connectivity index (χ1v) is 13.4. The van der Waals surface area contributed by atoms with Gasteiger partial charge in [0.2, 0.25) is 11.8 Å². The maximum absolute atomic E-state index is 14.4. The molecule has 3 N–H and O–H groups in total. The Morgan fingerprint density at radius 3 is 2.19 bits per heavy atom. The highest BCUT2D eigenvalue weighted by atomic mass is 32.2. The van der Waals surface area contributed by atoms with E-state index in [1.54, 1.807) is 80.6 Å². The third kappa shape index (κ3) is 5.73. The lowest BCUT2D eigenvalue weighted by molar-refractivity contribution is 0.0797. The maximum atomic E-state index is 14.4. The van der Waals surface area contributed by atoms with E-state index >= 15 is 0 Å². The van der Waals surface area contributed by atoms with Crippen molar-refractivity contribution in [1.29, 1.82) is 0 Å². The van der Waals surface area contributed by atoms with Gasteiger partial charge < -0.3 is 15.6 Å². The van der Waals surface area contributed by atoms with Crippen LogP contribution in [0.5, 0.6) is 0 Å². The van der Waals surface area contributed by atoms with E-state index in [1.807, 2.05) is 0 Å². The van der Waals surface area contributed by atoms with Crippen molar-refractivity contribution in [2.24, 2.45) is 10.1 Å². The maximum Gasteiger partial charge on any atom is 0.267 e. The Hall–Kier alpha value is -3.56. The van der Waals surface area contributed by atoms with Crippen LogP contribution in [0, 0.1) is 5.82 Å². The number of amides is 1. The van der Waals surface area contributed by atoms with Crippen molar-refractivity contribution in [3.05, 3.63) is 95.3 Å². The number of sulfonamides is 1.